The maximum Gasteiger partial charge on any atom is 0.271 e. The smallest absolute Gasteiger partial charge is 0.271 e. The predicted octanol–water partition coefficient (Wildman–Crippen LogP) is 3.85. The third-order valence-electron chi connectivity index (χ3n) is 4.46. The molecule has 132 valence electrons. The van der Waals surface area contributed by atoms with Gasteiger partial charge in [-0.3, -0.25) is 4.79 Å². The molecule has 0 spiro atoms. The summed E-state index contributed by atoms with van der Waals surface area (Å²) in [7, 11) is 0. The second-order valence-electron chi connectivity index (χ2n) is 6.40. The zero-order chi connectivity index (χ0) is 17.5. The molecule has 1 fully saturated rings. The Balaban J connectivity index is 1.46. The van der Waals surface area contributed by atoms with Crippen LogP contribution >= 0.6 is 11.6 Å². The Bertz CT molecular complexity index is 682. The Morgan fingerprint density at radius 3 is 2.52 bits per heavy atom. The highest BCUT2D eigenvalue weighted by Gasteiger charge is 2.17. The molecule has 1 aliphatic rings. The van der Waals surface area contributed by atoms with E-state index >= 15 is 0 Å². The average Bonchev–Trinajstić information content (AvgIpc) is 2.65. The van der Waals surface area contributed by atoms with Crippen molar-refractivity contribution in [1.29, 1.82) is 0 Å². The summed E-state index contributed by atoms with van der Waals surface area (Å²) in [6.07, 6.45) is 9.76. The molecule has 2 aromatic rings. The van der Waals surface area contributed by atoms with Gasteiger partial charge in [-0.1, -0.05) is 43.0 Å². The lowest BCUT2D eigenvalue weighted by Crippen LogP contribution is -2.36. The van der Waals surface area contributed by atoms with Gasteiger partial charge in [0.15, 0.2) is 0 Å². The monoisotopic (exact) mass is 358 g/mol. The summed E-state index contributed by atoms with van der Waals surface area (Å²) in [5, 5.41) is 7.01. The number of hydrogen-bond acceptors (Lipinski definition) is 4. The maximum absolute atomic E-state index is 12.2. The van der Waals surface area contributed by atoms with Gasteiger partial charge in [-0.25, -0.2) is 9.97 Å². The van der Waals surface area contributed by atoms with E-state index in [9.17, 15) is 4.79 Å². The van der Waals surface area contributed by atoms with Crippen LogP contribution in [0.5, 0.6) is 0 Å². The van der Waals surface area contributed by atoms with Gasteiger partial charge < -0.3 is 10.6 Å². The van der Waals surface area contributed by atoms with Gasteiger partial charge in [0, 0.05) is 17.6 Å². The second-order valence-corrected chi connectivity index (χ2v) is 6.83. The Morgan fingerprint density at radius 1 is 1.08 bits per heavy atom. The van der Waals surface area contributed by atoms with Crippen molar-refractivity contribution < 1.29 is 4.79 Å². The zero-order valence-corrected chi connectivity index (χ0v) is 14.9. The van der Waals surface area contributed by atoms with Gasteiger partial charge in [0.05, 0.1) is 12.4 Å². The highest BCUT2D eigenvalue weighted by atomic mass is 35.5. The molecule has 0 bridgehead atoms. The predicted molar refractivity (Wildman–Crippen MR) is 100 cm³/mol. The molecule has 0 atom stereocenters. The molecule has 0 radical (unpaired) electrons. The fraction of sp³-hybridized carbons (Fsp3) is 0.421. The van der Waals surface area contributed by atoms with Crippen molar-refractivity contribution in [3.05, 3.63) is 52.9 Å². The van der Waals surface area contributed by atoms with E-state index in [0.717, 1.165) is 30.8 Å². The minimum atomic E-state index is -0.132. The molecule has 5 nitrogen and oxygen atoms in total. The molecular formula is C19H23ClN4O. The average molecular weight is 359 g/mol. The van der Waals surface area contributed by atoms with E-state index in [-0.39, 0.29) is 11.9 Å². The number of rotatable bonds is 6. The molecule has 1 saturated carbocycles. The summed E-state index contributed by atoms with van der Waals surface area (Å²) in [5.74, 6) is 0.537. The Labute approximate surface area is 153 Å². The van der Waals surface area contributed by atoms with Crippen molar-refractivity contribution in [3.8, 4) is 0 Å². The molecule has 6 heteroatoms. The first-order chi connectivity index (χ1) is 12.2. The lowest BCUT2D eigenvalue weighted by molar-refractivity contribution is 0.0922. The molecule has 2 N–H and O–H groups in total. The summed E-state index contributed by atoms with van der Waals surface area (Å²) in [6.45, 7) is 0.740. The van der Waals surface area contributed by atoms with Crippen LogP contribution in [0.4, 0.5) is 5.82 Å². The van der Waals surface area contributed by atoms with Gasteiger partial charge in [0.25, 0.3) is 5.91 Å². The summed E-state index contributed by atoms with van der Waals surface area (Å²) in [6, 6.07) is 8.07. The lowest BCUT2D eigenvalue weighted by Gasteiger charge is -2.22. The number of amides is 1. The molecule has 1 heterocycles. The van der Waals surface area contributed by atoms with E-state index in [1.165, 1.54) is 31.0 Å². The third-order valence-corrected chi connectivity index (χ3v) is 4.71. The van der Waals surface area contributed by atoms with E-state index in [0.29, 0.717) is 11.5 Å². The minimum Gasteiger partial charge on any atom is -0.368 e. The SMILES string of the molecule is O=C(NC1CCCCC1)c1cnc(NCCc2ccc(Cl)cc2)cn1. The van der Waals surface area contributed by atoms with E-state index < -0.39 is 0 Å². The fourth-order valence-corrected chi connectivity index (χ4v) is 3.15. The molecule has 3 rings (SSSR count). The first kappa shape index (κ1) is 17.7. The zero-order valence-electron chi connectivity index (χ0n) is 14.2. The van der Waals surface area contributed by atoms with Gasteiger partial charge in [0.1, 0.15) is 11.5 Å². The van der Waals surface area contributed by atoms with Crippen LogP contribution in [0.3, 0.4) is 0 Å². The molecule has 1 aromatic carbocycles. The van der Waals surface area contributed by atoms with Crippen LogP contribution in [0.25, 0.3) is 0 Å². The van der Waals surface area contributed by atoms with Crippen molar-refractivity contribution >= 4 is 23.3 Å². The normalized spacial score (nSPS) is 14.9. The topological polar surface area (TPSA) is 66.9 Å². The van der Waals surface area contributed by atoms with E-state index in [2.05, 4.69) is 20.6 Å². The first-order valence-electron chi connectivity index (χ1n) is 8.82. The van der Waals surface area contributed by atoms with E-state index in [4.69, 9.17) is 11.6 Å². The molecule has 1 aromatic heterocycles. The highest BCUT2D eigenvalue weighted by Crippen LogP contribution is 2.17. The number of benzene rings is 1. The number of carbonyl (C=O) groups excluding carboxylic acids is 1. The van der Waals surface area contributed by atoms with Gasteiger partial charge in [-0.05, 0) is 37.0 Å². The largest absolute Gasteiger partial charge is 0.368 e. The van der Waals surface area contributed by atoms with Gasteiger partial charge in [-0.2, -0.15) is 0 Å². The van der Waals surface area contributed by atoms with E-state index in [1.807, 2.05) is 24.3 Å². The lowest BCUT2D eigenvalue weighted by atomic mass is 9.95. The van der Waals surface area contributed by atoms with Crippen molar-refractivity contribution in [3.63, 3.8) is 0 Å². The second kappa shape index (κ2) is 8.81. The van der Waals surface area contributed by atoms with Gasteiger partial charge >= 0.3 is 0 Å². The van der Waals surface area contributed by atoms with Gasteiger partial charge in [-0.15, -0.1) is 0 Å². The van der Waals surface area contributed by atoms with Gasteiger partial charge in [0.2, 0.25) is 0 Å². The molecule has 1 amide bonds. The van der Waals surface area contributed by atoms with Crippen LogP contribution in [0, 0.1) is 0 Å². The molecule has 1 aliphatic carbocycles. The van der Waals surface area contributed by atoms with Crippen LogP contribution in [-0.2, 0) is 6.42 Å². The summed E-state index contributed by atoms with van der Waals surface area (Å²) >= 11 is 5.88. The number of nitrogens with zero attached hydrogens (tertiary/aromatic N) is 2. The van der Waals surface area contributed by atoms with Crippen LogP contribution in [0.2, 0.25) is 5.02 Å². The number of anilines is 1. The Morgan fingerprint density at radius 2 is 1.84 bits per heavy atom. The molecule has 0 aliphatic heterocycles. The number of nitrogens with one attached hydrogen (secondary N) is 2. The number of aromatic nitrogens is 2. The third kappa shape index (κ3) is 5.43. The van der Waals surface area contributed by atoms with Crippen LogP contribution in [0.1, 0.15) is 48.2 Å². The van der Waals surface area contributed by atoms with Crippen molar-refractivity contribution in [2.24, 2.45) is 0 Å². The molecule has 0 saturated heterocycles. The Hall–Kier alpha value is -2.14. The van der Waals surface area contributed by atoms with Crippen LogP contribution in [0.15, 0.2) is 36.7 Å². The molecule has 0 unspecified atom stereocenters. The number of carbonyl (C=O) groups is 1. The summed E-state index contributed by atoms with van der Waals surface area (Å²) < 4.78 is 0. The molecular weight excluding hydrogens is 336 g/mol. The quantitative estimate of drug-likeness (QED) is 0.823. The number of hydrogen-bond donors (Lipinski definition) is 2. The van der Waals surface area contributed by atoms with Crippen molar-refractivity contribution in [2.75, 3.05) is 11.9 Å². The summed E-state index contributed by atoms with van der Waals surface area (Å²) in [5.41, 5.74) is 1.57. The van der Waals surface area contributed by atoms with E-state index in [1.54, 1.807) is 6.20 Å². The summed E-state index contributed by atoms with van der Waals surface area (Å²) in [4.78, 5) is 20.7. The highest BCUT2D eigenvalue weighted by molar-refractivity contribution is 6.30. The standard InChI is InChI=1S/C19H23ClN4O/c20-15-8-6-14(7-9-15)10-11-21-18-13-22-17(12-23-18)19(25)24-16-4-2-1-3-5-16/h6-9,12-13,16H,1-5,10-11H2,(H,21,23)(H,24,25). The fourth-order valence-electron chi connectivity index (χ4n) is 3.03. The minimum absolute atomic E-state index is 0.132. The maximum atomic E-state index is 12.2. The van der Waals surface area contributed by atoms with Crippen molar-refractivity contribution in [2.45, 2.75) is 44.6 Å². The first-order valence-corrected chi connectivity index (χ1v) is 9.20. The number of halogens is 1. The van der Waals surface area contributed by atoms with Crippen LogP contribution in [-0.4, -0.2) is 28.5 Å². The van der Waals surface area contributed by atoms with Crippen LogP contribution < -0.4 is 10.6 Å². The van der Waals surface area contributed by atoms with Crippen molar-refractivity contribution in [1.82, 2.24) is 15.3 Å². The molecule has 25 heavy (non-hydrogen) atoms. The Kier molecular flexibility index (Phi) is 6.23.